The second-order valence-corrected chi connectivity index (χ2v) is 5.67. The molecule has 1 atom stereocenters. The molecule has 1 aromatic carbocycles. The van der Waals surface area contributed by atoms with Gasteiger partial charge in [0.15, 0.2) is 0 Å². The maximum atomic E-state index is 13.7. The highest BCUT2D eigenvalue weighted by atomic mass is 35.5. The van der Waals surface area contributed by atoms with Gasteiger partial charge in [-0.2, -0.15) is 0 Å². The molecule has 0 aliphatic carbocycles. The van der Waals surface area contributed by atoms with Crippen molar-refractivity contribution in [2.24, 2.45) is 11.3 Å². The smallest absolute Gasteiger partial charge is 0.142 e. The average molecular weight is 287 g/mol. The predicted molar refractivity (Wildman–Crippen MR) is 73.3 cm³/mol. The van der Waals surface area contributed by atoms with Crippen molar-refractivity contribution in [2.45, 2.75) is 33.2 Å². The predicted octanol–water partition coefficient (Wildman–Crippen LogP) is 3.56. The highest BCUT2D eigenvalue weighted by molar-refractivity contribution is 6.30. The maximum absolute atomic E-state index is 13.7. The zero-order chi connectivity index (χ0) is 14.6. The first kappa shape index (κ1) is 15.9. The lowest BCUT2D eigenvalue weighted by atomic mass is 9.96. The van der Waals surface area contributed by atoms with E-state index in [-0.39, 0.29) is 22.4 Å². The van der Waals surface area contributed by atoms with Gasteiger partial charge in [0.2, 0.25) is 0 Å². The minimum atomic E-state index is -0.679. The summed E-state index contributed by atoms with van der Waals surface area (Å²) in [4.78, 5) is 0. The SMILES string of the molecule is CC(C)(C)C#CCC(NN)c1cc(F)c(Cl)cc1F. The second kappa shape index (κ2) is 6.33. The number of nitrogens with two attached hydrogens (primary N) is 1. The molecule has 1 unspecified atom stereocenters. The maximum Gasteiger partial charge on any atom is 0.142 e. The van der Waals surface area contributed by atoms with Crippen LogP contribution in [-0.2, 0) is 0 Å². The number of hydrogen-bond donors (Lipinski definition) is 2. The molecule has 19 heavy (non-hydrogen) atoms. The molecule has 0 amide bonds. The standard InChI is InChI=1S/C14H17ClF2N2/c1-14(2,3)6-4-5-13(19-18)9-7-12(17)10(15)8-11(9)16/h7-8,13,19H,5,18H2,1-3H3. The molecule has 0 heterocycles. The molecular formula is C14H17ClF2N2. The first-order valence-corrected chi connectivity index (χ1v) is 6.23. The summed E-state index contributed by atoms with van der Waals surface area (Å²) in [6, 6.07) is 1.40. The fourth-order valence-corrected chi connectivity index (χ4v) is 1.63. The van der Waals surface area contributed by atoms with Crippen molar-refractivity contribution in [2.75, 3.05) is 0 Å². The van der Waals surface area contributed by atoms with Gasteiger partial charge < -0.3 is 0 Å². The van der Waals surface area contributed by atoms with Crippen molar-refractivity contribution >= 4 is 11.6 Å². The Morgan fingerprint density at radius 3 is 2.47 bits per heavy atom. The van der Waals surface area contributed by atoms with Crippen LogP contribution in [0.5, 0.6) is 0 Å². The number of benzene rings is 1. The van der Waals surface area contributed by atoms with Gasteiger partial charge >= 0.3 is 0 Å². The first-order valence-electron chi connectivity index (χ1n) is 5.85. The molecule has 1 aromatic rings. The number of halogens is 3. The van der Waals surface area contributed by atoms with Crippen LogP contribution >= 0.6 is 11.6 Å². The van der Waals surface area contributed by atoms with Gasteiger partial charge in [0.1, 0.15) is 11.6 Å². The van der Waals surface area contributed by atoms with E-state index < -0.39 is 17.7 Å². The van der Waals surface area contributed by atoms with E-state index >= 15 is 0 Å². The lowest BCUT2D eigenvalue weighted by molar-refractivity contribution is 0.510. The molecule has 0 spiro atoms. The van der Waals surface area contributed by atoms with Crippen LogP contribution in [0.4, 0.5) is 8.78 Å². The average Bonchev–Trinajstić information content (AvgIpc) is 2.29. The van der Waals surface area contributed by atoms with Gasteiger partial charge in [0.05, 0.1) is 11.1 Å². The highest BCUT2D eigenvalue weighted by Crippen LogP contribution is 2.25. The Morgan fingerprint density at radius 2 is 1.95 bits per heavy atom. The highest BCUT2D eigenvalue weighted by Gasteiger charge is 2.16. The summed E-state index contributed by atoms with van der Waals surface area (Å²) in [6.45, 7) is 5.90. The van der Waals surface area contributed by atoms with E-state index in [2.05, 4.69) is 17.3 Å². The molecular weight excluding hydrogens is 270 g/mol. The van der Waals surface area contributed by atoms with Gasteiger partial charge in [-0.25, -0.2) is 8.78 Å². The molecule has 1 rings (SSSR count). The minimum absolute atomic E-state index is 0.118. The van der Waals surface area contributed by atoms with E-state index in [4.69, 9.17) is 17.4 Å². The van der Waals surface area contributed by atoms with Gasteiger partial charge in [-0.1, -0.05) is 17.5 Å². The molecule has 0 aliphatic heterocycles. The van der Waals surface area contributed by atoms with Gasteiger partial charge in [0.25, 0.3) is 0 Å². The Balaban J connectivity index is 2.97. The van der Waals surface area contributed by atoms with Gasteiger partial charge in [-0.15, -0.1) is 5.92 Å². The van der Waals surface area contributed by atoms with Crippen LogP contribution in [0.3, 0.4) is 0 Å². The summed E-state index contributed by atoms with van der Waals surface area (Å²) in [5.74, 6) is 10.0. The Labute approximate surface area is 117 Å². The molecule has 0 aromatic heterocycles. The summed E-state index contributed by atoms with van der Waals surface area (Å²) in [6.07, 6.45) is 0.283. The summed E-state index contributed by atoms with van der Waals surface area (Å²) < 4.78 is 27.1. The Kier molecular flexibility index (Phi) is 5.30. The summed E-state index contributed by atoms with van der Waals surface area (Å²) >= 11 is 5.50. The Bertz CT molecular complexity index is 513. The Morgan fingerprint density at radius 1 is 1.32 bits per heavy atom. The Hall–Kier alpha value is -1.15. The monoisotopic (exact) mass is 286 g/mol. The van der Waals surface area contributed by atoms with Crippen LogP contribution in [0.25, 0.3) is 0 Å². The van der Waals surface area contributed by atoms with Gasteiger partial charge in [-0.3, -0.25) is 11.3 Å². The van der Waals surface area contributed by atoms with Crippen molar-refractivity contribution < 1.29 is 8.78 Å². The van der Waals surface area contributed by atoms with Crippen molar-refractivity contribution in [3.8, 4) is 11.8 Å². The lowest BCUT2D eigenvalue weighted by Gasteiger charge is -2.15. The van der Waals surface area contributed by atoms with Crippen molar-refractivity contribution in [1.82, 2.24) is 5.43 Å². The lowest BCUT2D eigenvalue weighted by Crippen LogP contribution is -2.28. The molecule has 104 valence electrons. The van der Waals surface area contributed by atoms with Gasteiger partial charge in [-0.05, 0) is 32.9 Å². The van der Waals surface area contributed by atoms with Crippen LogP contribution in [0, 0.1) is 28.9 Å². The van der Waals surface area contributed by atoms with Crippen molar-refractivity contribution in [3.63, 3.8) is 0 Å². The largest absolute Gasteiger partial charge is 0.271 e. The minimum Gasteiger partial charge on any atom is -0.271 e. The second-order valence-electron chi connectivity index (χ2n) is 5.26. The van der Waals surface area contributed by atoms with Crippen LogP contribution < -0.4 is 11.3 Å². The molecule has 0 aliphatic rings. The van der Waals surface area contributed by atoms with Crippen LogP contribution in [0.1, 0.15) is 38.8 Å². The molecule has 3 N–H and O–H groups in total. The number of nitrogens with one attached hydrogen (secondary N) is 1. The third-order valence-corrected chi connectivity index (χ3v) is 2.68. The van der Waals surface area contributed by atoms with E-state index in [9.17, 15) is 8.78 Å². The summed E-state index contributed by atoms with van der Waals surface area (Å²) in [5, 5.41) is -0.252. The molecule has 0 saturated heterocycles. The van der Waals surface area contributed by atoms with E-state index in [1.165, 1.54) is 0 Å². The van der Waals surface area contributed by atoms with Crippen LogP contribution in [0.15, 0.2) is 12.1 Å². The third-order valence-electron chi connectivity index (χ3n) is 2.39. The molecule has 0 fully saturated rings. The fourth-order valence-electron chi connectivity index (χ4n) is 1.48. The molecule has 2 nitrogen and oxygen atoms in total. The van der Waals surface area contributed by atoms with Crippen LogP contribution in [-0.4, -0.2) is 0 Å². The summed E-state index contributed by atoms with van der Waals surface area (Å²) in [5.41, 5.74) is 2.41. The fraction of sp³-hybridized carbons (Fsp3) is 0.429. The zero-order valence-corrected chi connectivity index (χ0v) is 11.9. The van der Waals surface area contributed by atoms with E-state index in [1.54, 1.807) is 0 Å². The molecule has 5 heteroatoms. The molecule has 0 bridgehead atoms. The van der Waals surface area contributed by atoms with E-state index in [0.717, 1.165) is 12.1 Å². The first-order chi connectivity index (χ1) is 8.74. The quantitative estimate of drug-likeness (QED) is 0.386. The van der Waals surface area contributed by atoms with E-state index in [1.807, 2.05) is 20.8 Å². The van der Waals surface area contributed by atoms with E-state index in [0.29, 0.717) is 0 Å². The van der Waals surface area contributed by atoms with Gasteiger partial charge in [0, 0.05) is 17.4 Å². The summed E-state index contributed by atoms with van der Waals surface area (Å²) in [7, 11) is 0. The number of rotatable bonds is 3. The van der Waals surface area contributed by atoms with Crippen LogP contribution in [0.2, 0.25) is 5.02 Å². The number of hydrogen-bond acceptors (Lipinski definition) is 2. The zero-order valence-electron chi connectivity index (χ0n) is 11.2. The third kappa shape index (κ3) is 4.79. The number of hydrazine groups is 1. The van der Waals surface area contributed by atoms with Crippen molar-refractivity contribution in [1.29, 1.82) is 0 Å². The normalized spacial score (nSPS) is 12.8. The van der Waals surface area contributed by atoms with Crippen molar-refractivity contribution in [3.05, 3.63) is 34.4 Å². The molecule has 0 radical (unpaired) electrons. The molecule has 0 saturated carbocycles. The topological polar surface area (TPSA) is 38.0 Å².